The fourth-order valence-corrected chi connectivity index (χ4v) is 5.34. The molecule has 0 unspecified atom stereocenters. The maximum absolute atomic E-state index is 12.8. The number of carbonyl (C=O) groups excluding carboxylic acids is 1. The summed E-state index contributed by atoms with van der Waals surface area (Å²) in [6, 6.07) is 13.3. The Morgan fingerprint density at radius 1 is 1.20 bits per heavy atom. The van der Waals surface area contributed by atoms with Crippen molar-refractivity contribution in [3.8, 4) is 0 Å². The summed E-state index contributed by atoms with van der Waals surface area (Å²) in [4.78, 5) is 17.5. The van der Waals surface area contributed by atoms with Gasteiger partial charge in [0.25, 0.3) is 5.91 Å². The monoisotopic (exact) mass is 438 g/mol. The molecule has 2 aromatic heterocycles. The number of benzene rings is 2. The number of nitrogens with zero attached hydrogens (tertiary/aromatic N) is 3. The van der Waals surface area contributed by atoms with Crippen molar-refractivity contribution in [1.29, 1.82) is 0 Å². The predicted octanol–water partition coefficient (Wildman–Crippen LogP) is 5.40. The number of amides is 1. The SMILES string of the molecule is COC(C)(C)CCSc1nc2ccc(NC(=O)c3cnnc4ccccc34)cc2s1. The second kappa shape index (κ2) is 8.67. The molecule has 4 aromatic rings. The van der Waals surface area contributed by atoms with Crippen LogP contribution in [0.5, 0.6) is 0 Å². The van der Waals surface area contributed by atoms with E-state index in [0.29, 0.717) is 11.1 Å². The number of methoxy groups -OCH3 is 1. The summed E-state index contributed by atoms with van der Waals surface area (Å²) in [6.45, 7) is 4.17. The van der Waals surface area contributed by atoms with Crippen molar-refractivity contribution in [2.45, 2.75) is 30.2 Å². The molecule has 0 aliphatic rings. The van der Waals surface area contributed by atoms with Crippen molar-refractivity contribution in [2.75, 3.05) is 18.2 Å². The van der Waals surface area contributed by atoms with Crippen LogP contribution in [0.2, 0.25) is 0 Å². The highest BCUT2D eigenvalue weighted by Crippen LogP contribution is 2.32. The number of aromatic nitrogens is 3. The molecule has 0 aliphatic heterocycles. The minimum Gasteiger partial charge on any atom is -0.379 e. The molecule has 2 aromatic carbocycles. The zero-order valence-corrected chi connectivity index (χ0v) is 18.6. The van der Waals surface area contributed by atoms with Gasteiger partial charge in [0.1, 0.15) is 0 Å². The van der Waals surface area contributed by atoms with Gasteiger partial charge in [-0.15, -0.1) is 11.3 Å². The van der Waals surface area contributed by atoms with Crippen LogP contribution < -0.4 is 5.32 Å². The zero-order chi connectivity index (χ0) is 21.1. The van der Waals surface area contributed by atoms with E-state index in [1.54, 1.807) is 30.2 Å². The third kappa shape index (κ3) is 4.61. The lowest BCUT2D eigenvalue weighted by Gasteiger charge is -2.21. The number of thiazole rings is 1. The summed E-state index contributed by atoms with van der Waals surface area (Å²) in [5, 5.41) is 11.8. The number of fused-ring (bicyclic) bond motifs is 2. The van der Waals surface area contributed by atoms with E-state index in [1.807, 2.05) is 42.5 Å². The standard InChI is InChI=1S/C22H22N4O2S2/c1-22(2,28-3)10-11-29-21-25-18-9-8-14(12-19(18)30-21)24-20(27)16-13-23-26-17-7-5-4-6-15(16)17/h4-9,12-13H,10-11H2,1-3H3,(H,24,27). The normalized spacial score (nSPS) is 11.8. The third-order valence-electron chi connectivity index (χ3n) is 4.90. The summed E-state index contributed by atoms with van der Waals surface area (Å²) in [5.41, 5.74) is 2.73. The topological polar surface area (TPSA) is 77.0 Å². The number of anilines is 1. The number of carbonyl (C=O) groups is 1. The molecule has 0 atom stereocenters. The molecular formula is C22H22N4O2S2. The summed E-state index contributed by atoms with van der Waals surface area (Å²) in [6.07, 6.45) is 2.44. The van der Waals surface area contributed by atoms with E-state index in [9.17, 15) is 4.79 Å². The van der Waals surface area contributed by atoms with Crippen molar-refractivity contribution in [1.82, 2.24) is 15.2 Å². The minimum absolute atomic E-state index is 0.132. The lowest BCUT2D eigenvalue weighted by Crippen LogP contribution is -2.22. The Morgan fingerprint density at radius 3 is 2.87 bits per heavy atom. The lowest BCUT2D eigenvalue weighted by atomic mass is 10.1. The highest BCUT2D eigenvalue weighted by Gasteiger charge is 2.17. The van der Waals surface area contributed by atoms with E-state index < -0.39 is 0 Å². The Kier molecular flexibility index (Phi) is 5.99. The molecule has 6 nitrogen and oxygen atoms in total. The Morgan fingerprint density at radius 2 is 2.03 bits per heavy atom. The maximum Gasteiger partial charge on any atom is 0.257 e. The largest absolute Gasteiger partial charge is 0.379 e. The average molecular weight is 439 g/mol. The van der Waals surface area contributed by atoms with Gasteiger partial charge in [0.15, 0.2) is 4.34 Å². The van der Waals surface area contributed by atoms with Crippen molar-refractivity contribution in [2.24, 2.45) is 0 Å². The first-order chi connectivity index (χ1) is 14.4. The summed E-state index contributed by atoms with van der Waals surface area (Å²) >= 11 is 3.36. The van der Waals surface area contributed by atoms with Gasteiger partial charge >= 0.3 is 0 Å². The van der Waals surface area contributed by atoms with Crippen molar-refractivity contribution >= 4 is 55.8 Å². The van der Waals surface area contributed by atoms with Gasteiger partial charge in [-0.25, -0.2) is 4.98 Å². The molecule has 0 aliphatic carbocycles. The molecule has 1 amide bonds. The van der Waals surface area contributed by atoms with Crippen LogP contribution in [0.25, 0.3) is 21.1 Å². The summed E-state index contributed by atoms with van der Waals surface area (Å²) < 4.78 is 7.53. The van der Waals surface area contributed by atoms with E-state index in [-0.39, 0.29) is 11.5 Å². The van der Waals surface area contributed by atoms with Gasteiger partial charge in [-0.2, -0.15) is 10.2 Å². The maximum atomic E-state index is 12.8. The predicted molar refractivity (Wildman–Crippen MR) is 124 cm³/mol. The van der Waals surface area contributed by atoms with Crippen molar-refractivity contribution in [3.63, 3.8) is 0 Å². The molecule has 0 saturated heterocycles. The average Bonchev–Trinajstić information content (AvgIpc) is 3.15. The molecule has 0 saturated carbocycles. The number of ether oxygens (including phenoxy) is 1. The molecule has 0 fully saturated rings. The second-order valence-electron chi connectivity index (χ2n) is 7.45. The van der Waals surface area contributed by atoms with Gasteiger partial charge < -0.3 is 10.1 Å². The van der Waals surface area contributed by atoms with Crippen molar-refractivity contribution in [3.05, 3.63) is 54.2 Å². The van der Waals surface area contributed by atoms with E-state index in [4.69, 9.17) is 4.74 Å². The Balaban J connectivity index is 1.49. The van der Waals surface area contributed by atoms with Crippen LogP contribution in [-0.2, 0) is 4.74 Å². The van der Waals surface area contributed by atoms with Gasteiger partial charge in [0, 0.05) is 23.9 Å². The van der Waals surface area contributed by atoms with Crippen LogP contribution in [0.15, 0.2) is 53.0 Å². The Labute approximate surface area is 183 Å². The first kappa shape index (κ1) is 20.7. The fraction of sp³-hybridized carbons (Fsp3) is 0.273. The molecule has 0 bridgehead atoms. The first-order valence-electron chi connectivity index (χ1n) is 9.55. The zero-order valence-electron chi connectivity index (χ0n) is 17.0. The number of hydrogen-bond donors (Lipinski definition) is 1. The molecule has 154 valence electrons. The van der Waals surface area contributed by atoms with E-state index in [0.717, 1.165) is 37.8 Å². The van der Waals surface area contributed by atoms with Crippen LogP contribution in [0.3, 0.4) is 0 Å². The molecule has 0 spiro atoms. The van der Waals surface area contributed by atoms with Crippen LogP contribution >= 0.6 is 23.1 Å². The summed E-state index contributed by atoms with van der Waals surface area (Å²) in [7, 11) is 1.74. The molecule has 4 rings (SSSR count). The quantitative estimate of drug-likeness (QED) is 0.389. The van der Waals surface area contributed by atoms with Gasteiger partial charge in [-0.1, -0.05) is 30.0 Å². The van der Waals surface area contributed by atoms with Crippen LogP contribution in [0.4, 0.5) is 5.69 Å². The Bertz CT molecular complexity index is 1200. The van der Waals surface area contributed by atoms with E-state index in [1.165, 1.54) is 6.20 Å². The fourth-order valence-electron chi connectivity index (χ4n) is 2.92. The second-order valence-corrected chi connectivity index (χ2v) is 9.83. The molecule has 2 heterocycles. The molecular weight excluding hydrogens is 416 g/mol. The van der Waals surface area contributed by atoms with Crippen LogP contribution in [0, 0.1) is 0 Å². The number of hydrogen-bond acceptors (Lipinski definition) is 7. The van der Waals surface area contributed by atoms with Crippen molar-refractivity contribution < 1.29 is 9.53 Å². The van der Waals surface area contributed by atoms with Gasteiger partial charge in [0.05, 0.1) is 33.1 Å². The highest BCUT2D eigenvalue weighted by atomic mass is 32.2. The lowest BCUT2D eigenvalue weighted by molar-refractivity contribution is 0.0207. The third-order valence-corrected chi connectivity index (χ3v) is 7.06. The number of thioether (sulfide) groups is 1. The molecule has 1 N–H and O–H groups in total. The number of nitrogens with one attached hydrogen (secondary N) is 1. The first-order valence-corrected chi connectivity index (χ1v) is 11.4. The van der Waals surface area contributed by atoms with Crippen LogP contribution in [-0.4, -0.2) is 39.6 Å². The molecule has 30 heavy (non-hydrogen) atoms. The highest BCUT2D eigenvalue weighted by molar-refractivity contribution is 8.01. The Hall–Kier alpha value is -2.55. The van der Waals surface area contributed by atoms with E-state index >= 15 is 0 Å². The van der Waals surface area contributed by atoms with Gasteiger partial charge in [-0.05, 0) is 44.5 Å². The van der Waals surface area contributed by atoms with Gasteiger partial charge in [-0.3, -0.25) is 4.79 Å². The molecule has 0 radical (unpaired) electrons. The number of rotatable bonds is 7. The molecule has 8 heteroatoms. The van der Waals surface area contributed by atoms with E-state index in [2.05, 4.69) is 34.3 Å². The minimum atomic E-state index is -0.207. The smallest absolute Gasteiger partial charge is 0.257 e. The van der Waals surface area contributed by atoms with Gasteiger partial charge in [0.2, 0.25) is 0 Å². The van der Waals surface area contributed by atoms with Crippen LogP contribution in [0.1, 0.15) is 30.6 Å². The summed E-state index contributed by atoms with van der Waals surface area (Å²) in [5.74, 6) is 0.730.